The molecule has 11 heteroatoms. The van der Waals surface area contributed by atoms with Gasteiger partial charge in [-0.2, -0.15) is 17.5 Å². The maximum absolute atomic E-state index is 13.4. The van der Waals surface area contributed by atoms with Gasteiger partial charge >= 0.3 is 6.18 Å². The van der Waals surface area contributed by atoms with Gasteiger partial charge in [0, 0.05) is 29.9 Å². The zero-order chi connectivity index (χ0) is 22.8. The van der Waals surface area contributed by atoms with Crippen molar-refractivity contribution < 1.29 is 22.2 Å². The molecule has 1 fully saturated rings. The summed E-state index contributed by atoms with van der Waals surface area (Å²) in [6, 6.07) is 6.08. The molecular weight excluding hydrogens is 431 g/mol. The van der Waals surface area contributed by atoms with Gasteiger partial charge in [-0.3, -0.25) is 4.79 Å². The molecular formula is C20H24F3N5O2S. The van der Waals surface area contributed by atoms with Crippen molar-refractivity contribution in [3.8, 4) is 0 Å². The van der Waals surface area contributed by atoms with Crippen LogP contribution in [0.1, 0.15) is 47.3 Å². The average Bonchev–Trinajstić information content (AvgIpc) is 2.95. The summed E-state index contributed by atoms with van der Waals surface area (Å²) in [6.45, 7) is 2.24. The number of halogens is 3. The van der Waals surface area contributed by atoms with E-state index in [0.29, 0.717) is 18.8 Å². The number of alkyl halides is 3. The molecule has 168 valence electrons. The molecule has 1 aromatic heterocycles. The summed E-state index contributed by atoms with van der Waals surface area (Å²) in [6.07, 6.45) is 0.0658. The molecule has 1 amide bonds. The van der Waals surface area contributed by atoms with Crippen LogP contribution in [-0.4, -0.2) is 39.7 Å². The molecule has 0 bridgehead atoms. The van der Waals surface area contributed by atoms with E-state index in [1.165, 1.54) is 25.3 Å². The summed E-state index contributed by atoms with van der Waals surface area (Å²) in [5, 5.41) is 7.14. The van der Waals surface area contributed by atoms with Crippen molar-refractivity contribution in [2.24, 2.45) is 4.36 Å². The molecule has 0 aliphatic carbocycles. The Hall–Kier alpha value is -2.69. The fourth-order valence-electron chi connectivity index (χ4n) is 3.54. The Morgan fingerprint density at radius 3 is 2.39 bits per heavy atom. The number of carbonyl (C=O) groups excluding carboxylic acids is 1. The van der Waals surface area contributed by atoms with Gasteiger partial charge in [0.25, 0.3) is 5.91 Å². The molecule has 2 aromatic rings. The number of anilines is 2. The van der Waals surface area contributed by atoms with E-state index in [9.17, 15) is 22.2 Å². The number of nitrogens with zero attached hydrogens (tertiary/aromatic N) is 4. The first-order chi connectivity index (χ1) is 14.5. The molecule has 1 aromatic carbocycles. The van der Waals surface area contributed by atoms with E-state index in [2.05, 4.69) is 14.6 Å². The largest absolute Gasteiger partial charge is 0.435 e. The van der Waals surface area contributed by atoms with Gasteiger partial charge < -0.3 is 10.6 Å². The van der Waals surface area contributed by atoms with Crippen LogP contribution in [-0.2, 0) is 15.9 Å². The second kappa shape index (κ2) is 8.81. The lowest BCUT2D eigenvalue weighted by Gasteiger charge is -2.24. The minimum Gasteiger partial charge on any atom is -0.399 e. The molecule has 31 heavy (non-hydrogen) atoms. The van der Waals surface area contributed by atoms with Crippen LogP contribution in [0.3, 0.4) is 0 Å². The standard InChI is InChI=1S/C20H24F3N5O2S/c1-13-16(19(29)27-31(2,30)15-9-7-8-14(24)12-15)18(26-25-17(13)20(21,22)23)28-10-5-3-4-6-11-28/h7-9,12H,3-6,10-11,24H2,1-2H3. The molecule has 1 atom stereocenters. The van der Waals surface area contributed by atoms with Crippen LogP contribution in [0.15, 0.2) is 33.5 Å². The molecule has 0 saturated carbocycles. The van der Waals surface area contributed by atoms with E-state index >= 15 is 0 Å². The van der Waals surface area contributed by atoms with Crippen LogP contribution in [0.5, 0.6) is 0 Å². The number of hydrogen-bond acceptors (Lipinski definition) is 6. The van der Waals surface area contributed by atoms with E-state index in [1.807, 2.05) is 0 Å². The van der Waals surface area contributed by atoms with Crippen molar-refractivity contribution >= 4 is 27.1 Å². The quantitative estimate of drug-likeness (QED) is 0.701. The second-order valence-corrected chi connectivity index (χ2v) is 9.80. The smallest absolute Gasteiger partial charge is 0.399 e. The van der Waals surface area contributed by atoms with Crippen molar-refractivity contribution in [2.45, 2.75) is 43.7 Å². The third-order valence-electron chi connectivity index (χ3n) is 5.14. The fourth-order valence-corrected chi connectivity index (χ4v) is 4.74. The minimum absolute atomic E-state index is 0.0453. The average molecular weight is 456 g/mol. The summed E-state index contributed by atoms with van der Waals surface area (Å²) in [4.78, 5) is 15.1. The van der Waals surface area contributed by atoms with Gasteiger partial charge in [-0.25, -0.2) is 4.21 Å². The Balaban J connectivity index is 2.16. The van der Waals surface area contributed by atoms with Gasteiger partial charge in [-0.1, -0.05) is 18.9 Å². The van der Waals surface area contributed by atoms with E-state index < -0.39 is 27.5 Å². The van der Waals surface area contributed by atoms with Gasteiger partial charge in [0.1, 0.15) is 0 Å². The number of carbonyl (C=O) groups is 1. The van der Waals surface area contributed by atoms with Crippen molar-refractivity contribution in [3.05, 3.63) is 41.1 Å². The van der Waals surface area contributed by atoms with E-state index in [1.54, 1.807) is 17.0 Å². The lowest BCUT2D eigenvalue weighted by molar-refractivity contribution is -0.142. The van der Waals surface area contributed by atoms with Gasteiger partial charge in [0.2, 0.25) is 0 Å². The van der Waals surface area contributed by atoms with Crippen molar-refractivity contribution in [1.82, 2.24) is 10.2 Å². The molecule has 3 rings (SSSR count). The highest BCUT2D eigenvalue weighted by molar-refractivity contribution is 7.93. The highest BCUT2D eigenvalue weighted by atomic mass is 32.2. The number of benzene rings is 1. The van der Waals surface area contributed by atoms with E-state index in [0.717, 1.165) is 25.7 Å². The van der Waals surface area contributed by atoms with Crippen LogP contribution >= 0.6 is 0 Å². The van der Waals surface area contributed by atoms with Crippen LogP contribution in [0.2, 0.25) is 0 Å². The first kappa shape index (κ1) is 23.0. The number of amides is 1. The number of nitrogen functional groups attached to an aromatic ring is 1. The zero-order valence-electron chi connectivity index (χ0n) is 17.3. The van der Waals surface area contributed by atoms with Crippen molar-refractivity contribution in [1.29, 1.82) is 0 Å². The van der Waals surface area contributed by atoms with Gasteiger partial charge in [0.15, 0.2) is 11.5 Å². The molecule has 1 saturated heterocycles. The normalized spacial score (nSPS) is 17.0. The Bertz CT molecular complexity index is 1100. The molecule has 2 N–H and O–H groups in total. The SMILES string of the molecule is Cc1c(C(F)(F)F)nnc(N2CCCCCC2)c1C(=O)N=S(C)(=O)c1cccc(N)c1. The first-order valence-corrected chi connectivity index (χ1v) is 11.7. The summed E-state index contributed by atoms with van der Waals surface area (Å²) < 4.78 is 57.3. The van der Waals surface area contributed by atoms with Gasteiger partial charge in [-0.05, 0) is 43.5 Å². The Labute approximate surface area is 179 Å². The monoisotopic (exact) mass is 455 g/mol. The van der Waals surface area contributed by atoms with Crippen molar-refractivity contribution in [3.63, 3.8) is 0 Å². The Kier molecular flexibility index (Phi) is 6.54. The predicted octanol–water partition coefficient (Wildman–Crippen LogP) is 4.06. The summed E-state index contributed by atoms with van der Waals surface area (Å²) in [7, 11) is -3.25. The number of nitrogens with two attached hydrogens (primary N) is 1. The molecule has 1 aliphatic heterocycles. The molecule has 1 aliphatic rings. The minimum atomic E-state index is -4.79. The van der Waals surface area contributed by atoms with Crippen molar-refractivity contribution in [2.75, 3.05) is 30.0 Å². The summed E-state index contributed by atoms with van der Waals surface area (Å²) in [5.74, 6) is -0.976. The van der Waals surface area contributed by atoms with E-state index in [4.69, 9.17) is 5.73 Å². The lowest BCUT2D eigenvalue weighted by Crippen LogP contribution is -2.29. The van der Waals surface area contributed by atoms with Gasteiger partial charge in [0.05, 0.1) is 15.3 Å². The molecule has 7 nitrogen and oxygen atoms in total. The lowest BCUT2D eigenvalue weighted by atomic mass is 10.1. The molecule has 1 unspecified atom stereocenters. The summed E-state index contributed by atoms with van der Waals surface area (Å²) >= 11 is 0. The molecule has 0 radical (unpaired) electrons. The Morgan fingerprint density at radius 2 is 1.81 bits per heavy atom. The van der Waals surface area contributed by atoms with Crippen LogP contribution < -0.4 is 10.6 Å². The molecule has 0 spiro atoms. The second-order valence-electron chi connectivity index (χ2n) is 7.54. The van der Waals surface area contributed by atoms with Crippen LogP contribution in [0, 0.1) is 6.92 Å². The maximum atomic E-state index is 13.4. The van der Waals surface area contributed by atoms with Crippen LogP contribution in [0.4, 0.5) is 24.7 Å². The summed E-state index contributed by atoms with van der Waals surface area (Å²) in [5.41, 5.74) is 4.11. The predicted molar refractivity (Wildman–Crippen MR) is 112 cm³/mol. The third-order valence-corrected chi connectivity index (χ3v) is 6.78. The first-order valence-electron chi connectivity index (χ1n) is 9.82. The molecule has 2 heterocycles. The zero-order valence-corrected chi connectivity index (χ0v) is 18.1. The van der Waals surface area contributed by atoms with E-state index in [-0.39, 0.29) is 21.8 Å². The third kappa shape index (κ3) is 5.15. The highest BCUT2D eigenvalue weighted by Crippen LogP contribution is 2.34. The number of rotatable bonds is 3. The van der Waals surface area contributed by atoms with Gasteiger partial charge in [-0.15, -0.1) is 10.2 Å². The van der Waals surface area contributed by atoms with Crippen LogP contribution in [0.25, 0.3) is 0 Å². The topological polar surface area (TPSA) is 102 Å². The Morgan fingerprint density at radius 1 is 1.16 bits per heavy atom. The number of aromatic nitrogens is 2. The highest BCUT2D eigenvalue weighted by Gasteiger charge is 2.38. The maximum Gasteiger partial charge on any atom is 0.435 e. The number of hydrogen-bond donors (Lipinski definition) is 1. The fraction of sp³-hybridized carbons (Fsp3) is 0.450.